The number of hydrogen-bond donors (Lipinski definition) is 2. The van der Waals surface area contributed by atoms with Gasteiger partial charge in [-0.2, -0.15) is 5.10 Å². The molecule has 2 N–H and O–H groups in total. The summed E-state index contributed by atoms with van der Waals surface area (Å²) in [5.74, 6) is -0.489. The first-order valence-corrected chi connectivity index (χ1v) is 9.83. The van der Waals surface area contributed by atoms with Crippen LogP contribution in [-0.4, -0.2) is 48.5 Å². The van der Waals surface area contributed by atoms with E-state index in [0.717, 1.165) is 6.07 Å². The first-order chi connectivity index (χ1) is 15.0. The minimum atomic E-state index is -0.673. The summed E-state index contributed by atoms with van der Waals surface area (Å²) in [6, 6.07) is 6.00. The third kappa shape index (κ3) is 5.10. The lowest BCUT2D eigenvalue weighted by Gasteiger charge is -2.09. The molecule has 0 saturated heterocycles. The van der Waals surface area contributed by atoms with E-state index in [1.807, 2.05) is 13.8 Å². The van der Waals surface area contributed by atoms with E-state index in [1.165, 1.54) is 11.8 Å². The number of carbonyl (C=O) groups is 2. The van der Waals surface area contributed by atoms with Gasteiger partial charge in [0.05, 0.1) is 24.5 Å². The van der Waals surface area contributed by atoms with E-state index in [1.54, 1.807) is 24.4 Å². The number of ether oxygens (including phenoxy) is 2. The van der Waals surface area contributed by atoms with Crippen LogP contribution >= 0.6 is 0 Å². The van der Waals surface area contributed by atoms with Gasteiger partial charge in [-0.05, 0) is 26.0 Å². The highest BCUT2D eigenvalue weighted by Gasteiger charge is 2.21. The number of hydrogen-bond acceptors (Lipinski definition) is 7. The van der Waals surface area contributed by atoms with E-state index in [-0.39, 0.29) is 22.5 Å². The quantitative estimate of drug-likeness (QED) is 0.395. The molecule has 3 rings (SSSR count). The van der Waals surface area contributed by atoms with Crippen LogP contribution < -0.4 is 21.0 Å². The summed E-state index contributed by atoms with van der Waals surface area (Å²) in [6.07, 6.45) is 1.56. The second-order valence-corrected chi connectivity index (χ2v) is 6.52. The minimum Gasteiger partial charge on any atom is -0.494 e. The maximum Gasteiger partial charge on any atom is 0.337 e. The molecule has 0 spiro atoms. The van der Waals surface area contributed by atoms with Gasteiger partial charge in [-0.25, -0.2) is 4.79 Å². The van der Waals surface area contributed by atoms with E-state index in [4.69, 9.17) is 13.9 Å². The summed E-state index contributed by atoms with van der Waals surface area (Å²) >= 11 is 0. The number of benzene rings is 1. The highest BCUT2D eigenvalue weighted by Crippen LogP contribution is 2.24. The first kappa shape index (κ1) is 22.0. The summed E-state index contributed by atoms with van der Waals surface area (Å²) in [6.45, 7) is 5.30. The molecule has 31 heavy (non-hydrogen) atoms. The topological polar surface area (TPSA) is 125 Å². The standard InChI is InChI=1S/C21H24N4O6/c1-4-25-12-16(19(24-25)21(28)22-8-9-29-3)23-20(27)15-11-18(26)31-17-10-13(30-5-2)6-7-14(15)17/h6-7,10-12H,4-5,8-9H2,1-3H3,(H,22,28)(H,23,27). The Kier molecular flexibility index (Phi) is 7.03. The summed E-state index contributed by atoms with van der Waals surface area (Å²) in [5.41, 5.74) is -0.0333. The van der Waals surface area contributed by atoms with Gasteiger partial charge < -0.3 is 24.5 Å². The number of aryl methyl sites for hydroxylation is 1. The smallest absolute Gasteiger partial charge is 0.337 e. The Bertz CT molecular complexity index is 1150. The highest BCUT2D eigenvalue weighted by molar-refractivity contribution is 6.13. The molecule has 0 aliphatic heterocycles. The van der Waals surface area contributed by atoms with Crippen molar-refractivity contribution in [2.75, 3.05) is 32.2 Å². The average Bonchev–Trinajstić information content (AvgIpc) is 3.16. The van der Waals surface area contributed by atoms with Crippen LogP contribution in [0.3, 0.4) is 0 Å². The molecule has 0 aliphatic carbocycles. The normalized spacial score (nSPS) is 10.8. The lowest BCUT2D eigenvalue weighted by molar-refractivity contribution is 0.0932. The highest BCUT2D eigenvalue weighted by atomic mass is 16.5. The molecule has 0 aliphatic rings. The molecule has 0 fully saturated rings. The molecule has 0 unspecified atom stereocenters. The van der Waals surface area contributed by atoms with Crippen molar-refractivity contribution < 1.29 is 23.5 Å². The van der Waals surface area contributed by atoms with Crippen molar-refractivity contribution in [3.05, 3.63) is 52.1 Å². The third-order valence-electron chi connectivity index (χ3n) is 4.41. The maximum absolute atomic E-state index is 13.0. The van der Waals surface area contributed by atoms with Crippen molar-refractivity contribution in [2.24, 2.45) is 0 Å². The van der Waals surface area contributed by atoms with Gasteiger partial charge in [-0.1, -0.05) is 0 Å². The van der Waals surface area contributed by atoms with Crippen molar-refractivity contribution in [3.8, 4) is 5.75 Å². The van der Waals surface area contributed by atoms with E-state index in [2.05, 4.69) is 15.7 Å². The van der Waals surface area contributed by atoms with Crippen LogP contribution in [0, 0.1) is 0 Å². The van der Waals surface area contributed by atoms with Crippen LogP contribution in [0.4, 0.5) is 5.69 Å². The fraction of sp³-hybridized carbons (Fsp3) is 0.333. The molecule has 2 heterocycles. The Hall–Kier alpha value is -3.66. The van der Waals surface area contributed by atoms with Crippen LogP contribution in [0.1, 0.15) is 34.7 Å². The predicted molar refractivity (Wildman–Crippen MR) is 114 cm³/mol. The number of rotatable bonds is 9. The van der Waals surface area contributed by atoms with Crippen LogP contribution in [0.5, 0.6) is 5.75 Å². The van der Waals surface area contributed by atoms with Crippen molar-refractivity contribution in [3.63, 3.8) is 0 Å². The molecule has 2 aromatic heterocycles. The van der Waals surface area contributed by atoms with E-state index in [9.17, 15) is 14.4 Å². The molecule has 1 aromatic carbocycles. The Morgan fingerprint density at radius 2 is 2.00 bits per heavy atom. The zero-order chi connectivity index (χ0) is 22.4. The number of anilines is 1. The zero-order valence-corrected chi connectivity index (χ0v) is 17.6. The van der Waals surface area contributed by atoms with Crippen LogP contribution in [0.25, 0.3) is 11.0 Å². The van der Waals surface area contributed by atoms with E-state index >= 15 is 0 Å². The van der Waals surface area contributed by atoms with Crippen LogP contribution in [0.2, 0.25) is 0 Å². The fourth-order valence-corrected chi connectivity index (χ4v) is 2.97. The van der Waals surface area contributed by atoms with Crippen molar-refractivity contribution in [2.45, 2.75) is 20.4 Å². The predicted octanol–water partition coefficient (Wildman–Crippen LogP) is 2.04. The average molecular weight is 428 g/mol. The van der Waals surface area contributed by atoms with Crippen LogP contribution in [0.15, 0.2) is 39.7 Å². The summed E-state index contributed by atoms with van der Waals surface area (Å²) < 4.78 is 17.1. The van der Waals surface area contributed by atoms with Gasteiger partial charge in [0, 0.05) is 43.9 Å². The second-order valence-electron chi connectivity index (χ2n) is 6.52. The molecule has 10 heteroatoms. The van der Waals surface area contributed by atoms with Gasteiger partial charge in [0.1, 0.15) is 11.3 Å². The Labute approximate surface area is 178 Å². The molecule has 0 bridgehead atoms. The summed E-state index contributed by atoms with van der Waals surface area (Å²) in [5, 5.41) is 10.0. The van der Waals surface area contributed by atoms with Gasteiger partial charge in [0.25, 0.3) is 11.8 Å². The third-order valence-corrected chi connectivity index (χ3v) is 4.41. The lowest BCUT2D eigenvalue weighted by Crippen LogP contribution is -2.28. The number of amides is 2. The van der Waals surface area contributed by atoms with Gasteiger partial charge >= 0.3 is 5.63 Å². The number of methoxy groups -OCH3 is 1. The Morgan fingerprint density at radius 3 is 2.71 bits per heavy atom. The fourth-order valence-electron chi connectivity index (χ4n) is 2.97. The lowest BCUT2D eigenvalue weighted by atomic mass is 10.1. The number of fused-ring (bicyclic) bond motifs is 1. The molecular formula is C21H24N4O6. The summed E-state index contributed by atoms with van der Waals surface area (Å²) in [7, 11) is 1.53. The van der Waals surface area contributed by atoms with Gasteiger partial charge in [0.15, 0.2) is 5.69 Å². The summed E-state index contributed by atoms with van der Waals surface area (Å²) in [4.78, 5) is 37.5. The van der Waals surface area contributed by atoms with E-state index in [0.29, 0.717) is 37.4 Å². The Morgan fingerprint density at radius 1 is 1.19 bits per heavy atom. The molecule has 2 amide bonds. The number of aromatic nitrogens is 2. The molecule has 3 aromatic rings. The molecule has 164 valence electrons. The van der Waals surface area contributed by atoms with Crippen LogP contribution in [-0.2, 0) is 11.3 Å². The molecular weight excluding hydrogens is 404 g/mol. The van der Waals surface area contributed by atoms with Crippen molar-refractivity contribution in [1.82, 2.24) is 15.1 Å². The van der Waals surface area contributed by atoms with Crippen molar-refractivity contribution in [1.29, 1.82) is 0 Å². The number of nitrogens with one attached hydrogen (secondary N) is 2. The molecule has 10 nitrogen and oxygen atoms in total. The molecule has 0 saturated carbocycles. The SMILES string of the molecule is CCOc1ccc2c(C(=O)Nc3cn(CC)nc3C(=O)NCCOC)cc(=O)oc2c1. The van der Waals surface area contributed by atoms with Crippen molar-refractivity contribution >= 4 is 28.5 Å². The number of nitrogens with zero attached hydrogens (tertiary/aromatic N) is 2. The number of carbonyl (C=O) groups excluding carboxylic acids is 2. The van der Waals surface area contributed by atoms with E-state index < -0.39 is 17.4 Å². The van der Waals surface area contributed by atoms with Gasteiger partial charge in [-0.3, -0.25) is 14.3 Å². The minimum absolute atomic E-state index is 0.0669. The molecule has 0 radical (unpaired) electrons. The van der Waals surface area contributed by atoms with Gasteiger partial charge in [-0.15, -0.1) is 0 Å². The Balaban J connectivity index is 1.92. The largest absolute Gasteiger partial charge is 0.494 e. The second kappa shape index (κ2) is 9.90. The maximum atomic E-state index is 13.0. The zero-order valence-electron chi connectivity index (χ0n) is 17.6. The van der Waals surface area contributed by atoms with Gasteiger partial charge in [0.2, 0.25) is 0 Å². The first-order valence-electron chi connectivity index (χ1n) is 9.83. The molecule has 0 atom stereocenters. The monoisotopic (exact) mass is 428 g/mol.